The lowest BCUT2D eigenvalue weighted by molar-refractivity contribution is -0.136. The van der Waals surface area contributed by atoms with Gasteiger partial charge in [-0.1, -0.05) is 62.4 Å². The van der Waals surface area contributed by atoms with Crippen molar-refractivity contribution >= 4 is 46.2 Å². The van der Waals surface area contributed by atoms with E-state index < -0.39 is 24.3 Å². The van der Waals surface area contributed by atoms with Crippen molar-refractivity contribution in [1.29, 1.82) is 0 Å². The highest BCUT2D eigenvalue weighted by molar-refractivity contribution is 6.07. The van der Waals surface area contributed by atoms with Gasteiger partial charge in [0.15, 0.2) is 0 Å². The van der Waals surface area contributed by atoms with Crippen LogP contribution in [0, 0.1) is 17.8 Å². The molecule has 15 heteroatoms. The SMILES string of the molecule is COC[C@H]1C[C@@H](c2ncc(-c3ccc4c(c3)COc3cc5c6c(ccc5cc3-4)N=C([C@@H]3C[C@H]4C[C@H]4N3C(=O)C(NC(=O)OC)c3ccccc3)C6)[nH]2)N(C(=O)[C@@H](NC(=O)OC)C(C)C)C1. The molecule has 336 valence electrons. The predicted octanol–water partition coefficient (Wildman–Crippen LogP) is 7.42. The quantitative estimate of drug-likeness (QED) is 0.122. The maximum absolute atomic E-state index is 14.4. The number of rotatable bonds is 11. The average molecular weight is 880 g/mol. The summed E-state index contributed by atoms with van der Waals surface area (Å²) >= 11 is 0. The minimum absolute atomic E-state index is 0.108. The van der Waals surface area contributed by atoms with Gasteiger partial charge in [-0.2, -0.15) is 0 Å². The zero-order valence-corrected chi connectivity index (χ0v) is 37.1. The number of nitrogens with zero attached hydrogens (tertiary/aromatic N) is 4. The van der Waals surface area contributed by atoms with Crippen LogP contribution in [-0.4, -0.2) is 102 Å². The Kier molecular flexibility index (Phi) is 11.0. The van der Waals surface area contributed by atoms with Crippen LogP contribution >= 0.6 is 0 Å². The molecular weight excluding hydrogens is 827 g/mol. The number of nitrogens with one attached hydrogen (secondary N) is 3. The Morgan fingerprint density at radius 1 is 0.877 bits per heavy atom. The number of aliphatic imine (C=N–C) groups is 1. The number of benzene rings is 4. The van der Waals surface area contributed by atoms with Gasteiger partial charge in [-0.15, -0.1) is 0 Å². The number of fused-ring (bicyclic) bond motifs is 7. The lowest BCUT2D eigenvalue weighted by Crippen LogP contribution is -2.51. The second-order valence-corrected chi connectivity index (χ2v) is 18.2. The van der Waals surface area contributed by atoms with Crippen molar-refractivity contribution in [3.63, 3.8) is 0 Å². The molecule has 4 aliphatic heterocycles. The summed E-state index contributed by atoms with van der Waals surface area (Å²) in [6.07, 6.45) is 3.60. The van der Waals surface area contributed by atoms with Crippen molar-refractivity contribution in [2.45, 2.75) is 76.3 Å². The van der Waals surface area contributed by atoms with Crippen LogP contribution in [-0.2, 0) is 36.8 Å². The van der Waals surface area contributed by atoms with Gasteiger partial charge >= 0.3 is 12.2 Å². The van der Waals surface area contributed by atoms with E-state index in [0.717, 1.165) is 74.3 Å². The molecule has 0 radical (unpaired) electrons. The van der Waals surface area contributed by atoms with Crippen molar-refractivity contribution in [1.82, 2.24) is 30.4 Å². The number of likely N-dealkylation sites (tertiary alicyclic amines) is 2. The zero-order chi connectivity index (χ0) is 45.1. The van der Waals surface area contributed by atoms with E-state index in [4.69, 9.17) is 28.9 Å². The molecular formula is C50H53N7O8. The third-order valence-corrected chi connectivity index (χ3v) is 13.9. The molecule has 1 aliphatic carbocycles. The maximum Gasteiger partial charge on any atom is 0.407 e. The van der Waals surface area contributed by atoms with Gasteiger partial charge in [0.2, 0.25) is 5.91 Å². The lowest BCUT2D eigenvalue weighted by atomic mass is 9.90. The Labute approximate surface area is 376 Å². The largest absolute Gasteiger partial charge is 0.488 e. The molecule has 15 nitrogen and oxygen atoms in total. The van der Waals surface area contributed by atoms with Gasteiger partial charge in [-0.3, -0.25) is 14.6 Å². The van der Waals surface area contributed by atoms with Gasteiger partial charge in [0.05, 0.1) is 50.5 Å². The number of alkyl carbamates (subject to hydrolysis) is 2. The molecule has 7 atom stereocenters. The molecule has 10 rings (SSSR count). The molecule has 1 saturated carbocycles. The first-order valence-corrected chi connectivity index (χ1v) is 22.4. The van der Waals surface area contributed by atoms with Gasteiger partial charge in [-0.25, -0.2) is 14.6 Å². The fraction of sp³-hybridized carbons (Fsp3) is 0.400. The Morgan fingerprint density at radius 3 is 2.45 bits per heavy atom. The molecule has 3 fully saturated rings. The van der Waals surface area contributed by atoms with Crippen LogP contribution in [0.5, 0.6) is 5.75 Å². The number of methoxy groups -OCH3 is 3. The molecule has 0 spiro atoms. The second-order valence-electron chi connectivity index (χ2n) is 18.2. The number of hydrogen-bond donors (Lipinski definition) is 3. The van der Waals surface area contributed by atoms with E-state index in [2.05, 4.69) is 58.1 Å². The summed E-state index contributed by atoms with van der Waals surface area (Å²) in [5.74, 6) is 1.52. The summed E-state index contributed by atoms with van der Waals surface area (Å²) in [4.78, 5) is 70.3. The molecule has 4 amide bonds. The number of H-pyrrole nitrogens is 1. The summed E-state index contributed by atoms with van der Waals surface area (Å²) < 4.78 is 21.7. The first-order chi connectivity index (χ1) is 31.5. The number of carbonyl (C=O) groups is 4. The zero-order valence-electron chi connectivity index (χ0n) is 37.1. The fourth-order valence-corrected chi connectivity index (χ4v) is 10.5. The summed E-state index contributed by atoms with van der Waals surface area (Å²) in [5, 5.41) is 7.67. The van der Waals surface area contributed by atoms with Crippen molar-refractivity contribution in [2.24, 2.45) is 22.7 Å². The molecule has 4 aromatic carbocycles. The smallest absolute Gasteiger partial charge is 0.407 e. The predicted molar refractivity (Wildman–Crippen MR) is 243 cm³/mol. The fourth-order valence-electron chi connectivity index (χ4n) is 10.5. The highest BCUT2D eigenvalue weighted by Gasteiger charge is 2.56. The minimum Gasteiger partial charge on any atom is -0.488 e. The number of aromatic amines is 1. The third-order valence-electron chi connectivity index (χ3n) is 13.9. The van der Waals surface area contributed by atoms with Gasteiger partial charge in [0, 0.05) is 43.3 Å². The second kappa shape index (κ2) is 17.0. The van der Waals surface area contributed by atoms with Gasteiger partial charge < -0.3 is 44.4 Å². The Balaban J connectivity index is 0.881. The summed E-state index contributed by atoms with van der Waals surface area (Å²) in [5.41, 5.74) is 8.62. The number of carbonyl (C=O) groups excluding carboxylic acids is 4. The first kappa shape index (κ1) is 42.2. The van der Waals surface area contributed by atoms with E-state index >= 15 is 0 Å². The van der Waals surface area contributed by atoms with Crippen LogP contribution < -0.4 is 15.4 Å². The molecule has 5 heterocycles. The Bertz CT molecular complexity index is 2730. The Morgan fingerprint density at radius 2 is 1.68 bits per heavy atom. The van der Waals surface area contributed by atoms with Gasteiger partial charge in [0.25, 0.3) is 5.91 Å². The normalized spacial score (nSPS) is 22.2. The highest BCUT2D eigenvalue weighted by Crippen LogP contribution is 2.51. The molecule has 65 heavy (non-hydrogen) atoms. The standard InChI is InChI=1S/C50H53N7O8/c1-26(2)44(54-49(60)63-4)47(58)56-23-27(24-62-3)15-42(56)46-51-22-39(53-46)30-11-13-33-32(16-30)25-65-43-21-34-29(17-36(33)43)12-14-37-35(34)20-38(52-37)41-19-31-18-40(31)57(41)48(59)45(55-50(61)64-5)28-9-7-6-8-10-28/h6-14,16-17,21-22,26-27,31,40-42,44-45H,15,18-20,23-25H2,1-5H3,(H,51,53)(H,54,60)(H,55,61)/t27-,31+,40+,41-,42-,44-,45?/m0/s1. The highest BCUT2D eigenvalue weighted by atomic mass is 16.5. The molecule has 1 aromatic heterocycles. The number of ether oxygens (including phenoxy) is 4. The van der Waals surface area contributed by atoms with Gasteiger partial charge in [-0.05, 0) is 94.0 Å². The topological polar surface area (TPSA) is 177 Å². The third kappa shape index (κ3) is 7.74. The molecule has 3 N–H and O–H groups in total. The van der Waals surface area contributed by atoms with Crippen LogP contribution in [0.15, 0.2) is 84.0 Å². The molecule has 5 aromatic rings. The van der Waals surface area contributed by atoms with E-state index in [1.165, 1.54) is 14.2 Å². The number of aromatic nitrogens is 2. The summed E-state index contributed by atoms with van der Waals surface area (Å²) in [6.45, 7) is 5.16. The van der Waals surface area contributed by atoms with Gasteiger partial charge in [0.1, 0.15) is 30.3 Å². The minimum atomic E-state index is -0.869. The summed E-state index contributed by atoms with van der Waals surface area (Å²) in [7, 11) is 4.25. The van der Waals surface area contributed by atoms with E-state index in [-0.39, 0.29) is 41.8 Å². The van der Waals surface area contributed by atoms with Crippen molar-refractivity contribution < 1.29 is 38.1 Å². The monoisotopic (exact) mass is 879 g/mol. The average Bonchev–Trinajstić information content (AvgIpc) is 3.79. The summed E-state index contributed by atoms with van der Waals surface area (Å²) in [6, 6.07) is 22.2. The van der Waals surface area contributed by atoms with Crippen LogP contribution in [0.4, 0.5) is 15.3 Å². The molecule has 5 aliphatic rings. The first-order valence-electron chi connectivity index (χ1n) is 22.4. The number of amides is 4. The number of hydrogen-bond acceptors (Lipinski definition) is 10. The lowest BCUT2D eigenvalue weighted by Gasteiger charge is -2.31. The number of imidazole rings is 1. The van der Waals surface area contributed by atoms with Crippen molar-refractivity contribution in [2.75, 3.05) is 34.5 Å². The van der Waals surface area contributed by atoms with Crippen LogP contribution in [0.3, 0.4) is 0 Å². The molecule has 2 saturated heterocycles. The number of piperidine rings is 1. The maximum atomic E-state index is 14.4. The van der Waals surface area contributed by atoms with Crippen molar-refractivity contribution in [3.8, 4) is 28.1 Å². The van der Waals surface area contributed by atoms with Crippen LogP contribution in [0.2, 0.25) is 0 Å². The Hall–Kier alpha value is -6.74. The van der Waals surface area contributed by atoms with Crippen LogP contribution in [0.25, 0.3) is 33.2 Å². The molecule has 1 unspecified atom stereocenters. The van der Waals surface area contributed by atoms with E-state index in [1.807, 2.05) is 55.3 Å². The van der Waals surface area contributed by atoms with E-state index in [1.54, 1.807) is 12.0 Å². The van der Waals surface area contributed by atoms with Crippen LogP contribution in [0.1, 0.15) is 67.7 Å². The van der Waals surface area contributed by atoms with E-state index in [0.29, 0.717) is 49.9 Å². The van der Waals surface area contributed by atoms with Crippen molar-refractivity contribution in [3.05, 3.63) is 102 Å². The molecule has 0 bridgehead atoms. The van der Waals surface area contributed by atoms with E-state index in [9.17, 15) is 19.2 Å².